The summed E-state index contributed by atoms with van der Waals surface area (Å²) in [4.78, 5) is 4.46. The molecule has 26 heavy (non-hydrogen) atoms. The molecule has 0 aliphatic heterocycles. The second-order valence-corrected chi connectivity index (χ2v) is 6.94. The molecule has 1 unspecified atom stereocenters. The number of benzene rings is 1. The molecule has 0 bridgehead atoms. The van der Waals surface area contributed by atoms with Crippen molar-refractivity contribution in [3.63, 3.8) is 0 Å². The number of ether oxygens (including phenoxy) is 1. The van der Waals surface area contributed by atoms with E-state index in [1.807, 2.05) is 12.1 Å². The van der Waals surface area contributed by atoms with Crippen LogP contribution in [0.15, 0.2) is 42.6 Å². The van der Waals surface area contributed by atoms with Crippen LogP contribution in [0.1, 0.15) is 64.4 Å². The summed E-state index contributed by atoms with van der Waals surface area (Å²) in [5.74, 6) is 0.628. The molecule has 1 heterocycles. The number of hydrogen-bond donors (Lipinski definition) is 0. The Balaban J connectivity index is 1.82. The van der Waals surface area contributed by atoms with E-state index < -0.39 is 6.17 Å². The maximum Gasteiger partial charge on any atom is 0.137 e. The van der Waals surface area contributed by atoms with Gasteiger partial charge in [0, 0.05) is 5.56 Å². The van der Waals surface area contributed by atoms with Crippen molar-refractivity contribution in [2.24, 2.45) is 0 Å². The van der Waals surface area contributed by atoms with Gasteiger partial charge in [-0.25, -0.2) is 4.39 Å². The van der Waals surface area contributed by atoms with Crippen LogP contribution in [0.25, 0.3) is 11.3 Å². The molecular weight excluding hydrogens is 325 g/mol. The van der Waals surface area contributed by atoms with Crippen LogP contribution >= 0.6 is 0 Å². The first-order chi connectivity index (χ1) is 12.7. The number of pyridine rings is 1. The smallest absolute Gasteiger partial charge is 0.137 e. The summed E-state index contributed by atoms with van der Waals surface area (Å²) < 4.78 is 19.3. The molecular formula is C23H32FNO. The third kappa shape index (κ3) is 7.15. The lowest BCUT2D eigenvalue weighted by Gasteiger charge is -2.10. The van der Waals surface area contributed by atoms with Gasteiger partial charge in [-0.2, -0.15) is 0 Å². The first-order valence-electron chi connectivity index (χ1n) is 10.0. The molecule has 1 aromatic heterocycles. The number of hydrogen-bond acceptors (Lipinski definition) is 2. The Morgan fingerprint density at radius 3 is 2.31 bits per heavy atom. The highest BCUT2D eigenvalue weighted by atomic mass is 19.1. The minimum absolute atomic E-state index is 0.108. The summed E-state index contributed by atoms with van der Waals surface area (Å²) in [6, 6.07) is 12.4. The van der Waals surface area contributed by atoms with E-state index in [1.165, 1.54) is 24.8 Å². The van der Waals surface area contributed by atoms with Crippen LogP contribution in [0, 0.1) is 0 Å². The highest BCUT2D eigenvalue weighted by Gasteiger charge is 2.08. The van der Waals surface area contributed by atoms with Gasteiger partial charge < -0.3 is 4.74 Å². The van der Waals surface area contributed by atoms with Crippen LogP contribution in [0.3, 0.4) is 0 Å². The lowest BCUT2D eigenvalue weighted by atomic mass is 10.0. The minimum Gasteiger partial charge on any atom is -0.489 e. The average molecular weight is 358 g/mol. The normalized spacial score (nSPS) is 12.1. The van der Waals surface area contributed by atoms with Gasteiger partial charge in [0.15, 0.2) is 0 Å². The third-order valence-electron chi connectivity index (χ3n) is 4.61. The molecule has 2 rings (SSSR count). The zero-order valence-corrected chi connectivity index (χ0v) is 16.2. The van der Waals surface area contributed by atoms with Crippen molar-refractivity contribution < 1.29 is 9.13 Å². The Hall–Kier alpha value is -1.90. The second-order valence-electron chi connectivity index (χ2n) is 6.94. The van der Waals surface area contributed by atoms with E-state index >= 15 is 0 Å². The van der Waals surface area contributed by atoms with Crippen LogP contribution in [0.4, 0.5) is 4.39 Å². The van der Waals surface area contributed by atoms with Gasteiger partial charge in [-0.3, -0.25) is 4.98 Å². The summed E-state index contributed by atoms with van der Waals surface area (Å²) in [5.41, 5.74) is 3.38. The molecule has 0 radical (unpaired) electrons. The van der Waals surface area contributed by atoms with Crippen LogP contribution in [0.2, 0.25) is 0 Å². The van der Waals surface area contributed by atoms with Gasteiger partial charge in [0.1, 0.15) is 18.5 Å². The van der Waals surface area contributed by atoms with E-state index in [0.29, 0.717) is 12.2 Å². The summed E-state index contributed by atoms with van der Waals surface area (Å²) >= 11 is 0. The molecule has 2 nitrogen and oxygen atoms in total. The molecule has 0 saturated heterocycles. The van der Waals surface area contributed by atoms with Crippen molar-refractivity contribution >= 4 is 0 Å². The minimum atomic E-state index is -0.901. The molecule has 0 amide bonds. The van der Waals surface area contributed by atoms with E-state index in [9.17, 15) is 4.39 Å². The number of alkyl halides is 1. The standard InChI is InChI=1S/C23H32FNO/c1-3-5-7-9-19-11-13-20(14-12-19)23-16-15-22(17-25-23)26-18-21(24)10-8-6-4-2/h11-17,21H,3-10,18H2,1-2H3. The molecule has 2 aromatic rings. The summed E-state index contributed by atoms with van der Waals surface area (Å²) in [6.07, 6.45) is 9.38. The number of aromatic nitrogens is 1. The van der Waals surface area contributed by atoms with E-state index in [0.717, 1.165) is 36.9 Å². The Morgan fingerprint density at radius 1 is 0.923 bits per heavy atom. The third-order valence-corrected chi connectivity index (χ3v) is 4.61. The molecule has 0 aliphatic carbocycles. The Labute approximate surface area is 157 Å². The predicted octanol–water partition coefficient (Wildman–Crippen LogP) is 6.78. The Kier molecular flexibility index (Phi) is 9.16. The van der Waals surface area contributed by atoms with Gasteiger partial charge in [-0.15, -0.1) is 0 Å². The summed E-state index contributed by atoms with van der Waals surface area (Å²) in [7, 11) is 0. The molecule has 1 atom stereocenters. The Morgan fingerprint density at radius 2 is 1.65 bits per heavy atom. The van der Waals surface area contributed by atoms with Crippen molar-refractivity contribution in [3.05, 3.63) is 48.2 Å². The highest BCUT2D eigenvalue weighted by molar-refractivity contribution is 5.59. The number of nitrogens with zero attached hydrogens (tertiary/aromatic N) is 1. The summed E-state index contributed by atoms with van der Waals surface area (Å²) in [5, 5.41) is 0. The van der Waals surface area contributed by atoms with Gasteiger partial charge in [0.25, 0.3) is 0 Å². The Bertz CT molecular complexity index is 609. The fourth-order valence-corrected chi connectivity index (χ4v) is 2.94. The van der Waals surface area contributed by atoms with Gasteiger partial charge in [-0.1, -0.05) is 70.2 Å². The summed E-state index contributed by atoms with van der Waals surface area (Å²) in [6.45, 7) is 4.45. The molecule has 0 aliphatic rings. The molecule has 0 spiro atoms. The topological polar surface area (TPSA) is 22.1 Å². The van der Waals surface area contributed by atoms with Crippen LogP contribution in [-0.2, 0) is 6.42 Å². The average Bonchev–Trinajstić information content (AvgIpc) is 2.68. The van der Waals surface area contributed by atoms with Gasteiger partial charge in [0.05, 0.1) is 11.9 Å². The zero-order chi connectivity index (χ0) is 18.6. The van der Waals surface area contributed by atoms with Crippen LogP contribution in [0.5, 0.6) is 5.75 Å². The first-order valence-corrected chi connectivity index (χ1v) is 10.0. The highest BCUT2D eigenvalue weighted by Crippen LogP contribution is 2.21. The van der Waals surface area contributed by atoms with E-state index in [1.54, 1.807) is 6.20 Å². The second kappa shape index (κ2) is 11.7. The predicted molar refractivity (Wildman–Crippen MR) is 107 cm³/mol. The number of halogens is 1. The number of aryl methyl sites for hydroxylation is 1. The van der Waals surface area contributed by atoms with Gasteiger partial charge in [0.2, 0.25) is 0 Å². The molecule has 1 aromatic carbocycles. The van der Waals surface area contributed by atoms with Crippen LogP contribution < -0.4 is 4.74 Å². The lowest BCUT2D eigenvalue weighted by molar-refractivity contribution is 0.183. The number of rotatable bonds is 12. The fourth-order valence-electron chi connectivity index (χ4n) is 2.94. The van der Waals surface area contributed by atoms with E-state index in [2.05, 4.69) is 43.1 Å². The fraction of sp³-hybridized carbons (Fsp3) is 0.522. The van der Waals surface area contributed by atoms with Crippen molar-refractivity contribution in [3.8, 4) is 17.0 Å². The van der Waals surface area contributed by atoms with Crippen molar-refractivity contribution in [1.82, 2.24) is 4.98 Å². The molecule has 3 heteroatoms. The largest absolute Gasteiger partial charge is 0.489 e. The zero-order valence-electron chi connectivity index (χ0n) is 16.2. The van der Waals surface area contributed by atoms with Gasteiger partial charge in [-0.05, 0) is 37.0 Å². The van der Waals surface area contributed by atoms with Crippen molar-refractivity contribution in [1.29, 1.82) is 0 Å². The maximum atomic E-state index is 13.8. The maximum absolute atomic E-state index is 13.8. The lowest BCUT2D eigenvalue weighted by Crippen LogP contribution is -2.12. The molecule has 0 fully saturated rings. The van der Waals surface area contributed by atoms with E-state index in [4.69, 9.17) is 4.74 Å². The molecule has 0 N–H and O–H groups in total. The quantitative estimate of drug-likeness (QED) is 0.391. The molecule has 142 valence electrons. The first kappa shape index (κ1) is 20.4. The van der Waals surface area contributed by atoms with Crippen molar-refractivity contribution in [2.75, 3.05) is 6.61 Å². The van der Waals surface area contributed by atoms with Crippen molar-refractivity contribution in [2.45, 2.75) is 71.4 Å². The SMILES string of the molecule is CCCCCc1ccc(-c2ccc(OCC(F)CCCCC)cn2)cc1. The van der Waals surface area contributed by atoms with Gasteiger partial charge >= 0.3 is 0 Å². The van der Waals surface area contributed by atoms with Crippen LogP contribution in [-0.4, -0.2) is 17.8 Å². The molecule has 0 saturated carbocycles. The number of unbranched alkanes of at least 4 members (excludes halogenated alkanes) is 4. The monoisotopic (exact) mass is 357 g/mol. The van der Waals surface area contributed by atoms with E-state index in [-0.39, 0.29) is 6.61 Å².